The van der Waals surface area contributed by atoms with Crippen LogP contribution in [0, 0.1) is 5.21 Å². The van der Waals surface area contributed by atoms with Crippen LogP contribution in [0.2, 0.25) is 0 Å². The summed E-state index contributed by atoms with van der Waals surface area (Å²) in [6.45, 7) is 1.87. The average molecular weight is 328 g/mol. The average Bonchev–Trinajstić information content (AvgIpc) is 2.98. The molecule has 3 aromatic rings. The Morgan fingerprint density at radius 1 is 1.30 bits per heavy atom. The Bertz CT molecular complexity index is 798. The number of benzene rings is 1. The Hall–Kier alpha value is -2.47. The molecule has 0 aliphatic heterocycles. The quantitative estimate of drug-likeness (QED) is 0.444. The number of fused-ring (bicyclic) bond motifs is 1. The van der Waals surface area contributed by atoms with Crippen molar-refractivity contribution in [1.29, 1.82) is 0 Å². The number of rotatable bonds is 5. The van der Waals surface area contributed by atoms with E-state index in [0.717, 1.165) is 15.7 Å². The summed E-state index contributed by atoms with van der Waals surface area (Å²) in [7, 11) is 0. The maximum Gasteiger partial charge on any atom is 0.251 e. The second-order valence-corrected chi connectivity index (χ2v) is 6.12. The zero-order valence-corrected chi connectivity index (χ0v) is 13.4. The molecule has 23 heavy (non-hydrogen) atoms. The number of hydrogen-bond donors (Lipinski definition) is 1. The minimum absolute atomic E-state index is 0.146. The Labute approximate surface area is 137 Å². The monoisotopic (exact) mass is 328 g/mol. The van der Waals surface area contributed by atoms with Crippen molar-refractivity contribution in [3.8, 4) is 0 Å². The fraction of sp³-hybridized carbons (Fsp3) is 0.176. The Morgan fingerprint density at radius 2 is 2.09 bits per heavy atom. The molecule has 3 rings (SSSR count). The molecule has 0 radical (unpaired) electrons. The zero-order chi connectivity index (χ0) is 16.2. The normalized spacial score (nSPS) is 12.2. The van der Waals surface area contributed by atoms with Gasteiger partial charge in [0.05, 0.1) is 11.8 Å². The van der Waals surface area contributed by atoms with Crippen molar-refractivity contribution in [2.75, 3.05) is 5.75 Å². The minimum atomic E-state index is -0.231. The number of thioether (sulfide) groups is 1. The van der Waals surface area contributed by atoms with Gasteiger partial charge in [0.2, 0.25) is 5.91 Å². The predicted molar refractivity (Wildman–Crippen MR) is 88.9 cm³/mol. The van der Waals surface area contributed by atoms with Crippen LogP contribution in [0.4, 0.5) is 0 Å². The third kappa shape index (κ3) is 3.65. The summed E-state index contributed by atoms with van der Waals surface area (Å²) in [6.07, 6.45) is 1.41. The van der Waals surface area contributed by atoms with Gasteiger partial charge in [-0.3, -0.25) is 4.79 Å². The number of nitrogens with zero attached hydrogens (tertiary/aromatic N) is 1. The highest BCUT2D eigenvalue weighted by Gasteiger charge is 2.15. The molecular formula is C17H16N2O3S. The first-order valence-corrected chi connectivity index (χ1v) is 8.21. The van der Waals surface area contributed by atoms with Gasteiger partial charge < -0.3 is 14.9 Å². The maximum absolute atomic E-state index is 12.0. The SMILES string of the molecule is C[C@@H](NC(=O)CSc1cccc[n+]1[O-])c1cc2ccccc2o1. The summed E-state index contributed by atoms with van der Waals surface area (Å²) in [5.41, 5.74) is 0.801. The molecule has 5 nitrogen and oxygen atoms in total. The van der Waals surface area contributed by atoms with Gasteiger partial charge in [-0.2, -0.15) is 4.73 Å². The van der Waals surface area contributed by atoms with Gasteiger partial charge in [-0.05, 0) is 36.9 Å². The molecule has 2 heterocycles. The largest absolute Gasteiger partial charge is 0.618 e. The molecule has 0 fully saturated rings. The molecule has 2 aromatic heterocycles. The molecule has 1 atom stereocenters. The highest BCUT2D eigenvalue weighted by molar-refractivity contribution is 7.99. The number of para-hydroxylation sites is 1. The van der Waals surface area contributed by atoms with Gasteiger partial charge in [0.1, 0.15) is 11.3 Å². The molecule has 1 aromatic carbocycles. The molecule has 0 aliphatic carbocycles. The van der Waals surface area contributed by atoms with E-state index in [2.05, 4.69) is 5.32 Å². The van der Waals surface area contributed by atoms with Crippen molar-refractivity contribution in [3.05, 3.63) is 65.7 Å². The zero-order valence-electron chi connectivity index (χ0n) is 12.6. The van der Waals surface area contributed by atoms with Crippen LogP contribution in [-0.2, 0) is 4.79 Å². The number of pyridine rings is 1. The van der Waals surface area contributed by atoms with Crippen LogP contribution in [0.5, 0.6) is 0 Å². The molecule has 0 bridgehead atoms. The van der Waals surface area contributed by atoms with Gasteiger partial charge >= 0.3 is 0 Å². The summed E-state index contributed by atoms with van der Waals surface area (Å²) in [6, 6.07) is 14.5. The first-order valence-electron chi connectivity index (χ1n) is 7.22. The van der Waals surface area contributed by atoms with Gasteiger partial charge in [0.25, 0.3) is 5.03 Å². The summed E-state index contributed by atoms with van der Waals surface area (Å²) in [5.74, 6) is 0.742. The van der Waals surface area contributed by atoms with Gasteiger partial charge in [-0.15, -0.1) is 0 Å². The van der Waals surface area contributed by atoms with E-state index in [1.54, 1.807) is 18.2 Å². The van der Waals surface area contributed by atoms with E-state index in [9.17, 15) is 10.0 Å². The molecule has 0 saturated heterocycles. The lowest BCUT2D eigenvalue weighted by Gasteiger charge is -2.11. The Balaban J connectivity index is 1.60. The van der Waals surface area contributed by atoms with Crippen LogP contribution < -0.4 is 10.0 Å². The smallest absolute Gasteiger partial charge is 0.251 e. The van der Waals surface area contributed by atoms with Crippen molar-refractivity contribution >= 4 is 28.6 Å². The van der Waals surface area contributed by atoms with Crippen molar-refractivity contribution in [3.63, 3.8) is 0 Å². The van der Waals surface area contributed by atoms with Gasteiger partial charge in [-0.25, -0.2) is 0 Å². The fourth-order valence-electron chi connectivity index (χ4n) is 2.23. The first-order chi connectivity index (χ1) is 11.1. The minimum Gasteiger partial charge on any atom is -0.618 e. The molecule has 1 N–H and O–H groups in total. The van der Waals surface area contributed by atoms with E-state index in [1.165, 1.54) is 18.0 Å². The number of carbonyl (C=O) groups excluding carboxylic acids is 1. The van der Waals surface area contributed by atoms with Crippen LogP contribution in [0.3, 0.4) is 0 Å². The third-order valence-electron chi connectivity index (χ3n) is 3.39. The number of nitrogens with one attached hydrogen (secondary N) is 1. The van der Waals surface area contributed by atoms with Gasteiger partial charge in [0.15, 0.2) is 6.20 Å². The Morgan fingerprint density at radius 3 is 2.87 bits per heavy atom. The van der Waals surface area contributed by atoms with Gasteiger partial charge in [0, 0.05) is 17.5 Å². The lowest BCUT2D eigenvalue weighted by atomic mass is 10.2. The predicted octanol–water partition coefficient (Wildman–Crippen LogP) is 3.04. The summed E-state index contributed by atoms with van der Waals surface area (Å²) >= 11 is 1.21. The number of aromatic nitrogens is 1. The van der Waals surface area contributed by atoms with Crippen molar-refractivity contribution in [2.24, 2.45) is 0 Å². The molecule has 118 valence electrons. The maximum atomic E-state index is 12.0. The van der Waals surface area contributed by atoms with Crippen LogP contribution in [0.25, 0.3) is 11.0 Å². The van der Waals surface area contributed by atoms with E-state index in [1.807, 2.05) is 37.3 Å². The van der Waals surface area contributed by atoms with E-state index in [0.29, 0.717) is 10.8 Å². The standard InChI is InChI=1S/C17H16N2O3S/c1-12(15-10-13-6-2-3-7-14(13)22-15)18-16(20)11-23-17-8-4-5-9-19(17)21/h2-10,12H,11H2,1H3,(H,18,20)/t12-/m1/s1. The first kappa shape index (κ1) is 15.4. The number of carbonyl (C=O) groups is 1. The lowest BCUT2D eigenvalue weighted by Crippen LogP contribution is -2.31. The van der Waals surface area contributed by atoms with Crippen molar-refractivity contribution in [2.45, 2.75) is 18.0 Å². The summed E-state index contributed by atoms with van der Waals surface area (Å²) in [5, 5.41) is 15.9. The van der Waals surface area contributed by atoms with Crippen molar-refractivity contribution in [1.82, 2.24) is 5.32 Å². The van der Waals surface area contributed by atoms with Crippen molar-refractivity contribution < 1.29 is 13.9 Å². The molecule has 0 aliphatic rings. The molecule has 1 amide bonds. The van der Waals surface area contributed by atoms with Crippen LogP contribution >= 0.6 is 11.8 Å². The second-order valence-electron chi connectivity index (χ2n) is 5.13. The fourth-order valence-corrected chi connectivity index (χ4v) is 2.96. The summed E-state index contributed by atoms with van der Waals surface area (Å²) in [4.78, 5) is 12.0. The van der Waals surface area contributed by atoms with Crippen LogP contribution in [0.15, 0.2) is 64.2 Å². The summed E-state index contributed by atoms with van der Waals surface area (Å²) < 4.78 is 6.49. The molecule has 6 heteroatoms. The van der Waals surface area contributed by atoms with E-state index in [-0.39, 0.29) is 17.7 Å². The highest BCUT2D eigenvalue weighted by Crippen LogP contribution is 2.23. The number of amides is 1. The molecule has 0 spiro atoms. The molecular weight excluding hydrogens is 312 g/mol. The van der Waals surface area contributed by atoms with Crippen LogP contribution in [-0.4, -0.2) is 11.7 Å². The second kappa shape index (κ2) is 6.75. The lowest BCUT2D eigenvalue weighted by molar-refractivity contribution is -0.645. The topological polar surface area (TPSA) is 69.2 Å². The van der Waals surface area contributed by atoms with Gasteiger partial charge in [-0.1, -0.05) is 18.2 Å². The Kier molecular flexibility index (Phi) is 4.52. The van der Waals surface area contributed by atoms with Crippen LogP contribution in [0.1, 0.15) is 18.7 Å². The van der Waals surface area contributed by atoms with E-state index in [4.69, 9.17) is 4.42 Å². The van der Waals surface area contributed by atoms with E-state index < -0.39 is 0 Å². The third-order valence-corrected chi connectivity index (χ3v) is 4.41. The highest BCUT2D eigenvalue weighted by atomic mass is 32.2. The van der Waals surface area contributed by atoms with E-state index >= 15 is 0 Å². The molecule has 0 saturated carbocycles. The number of hydrogen-bond acceptors (Lipinski definition) is 4. The number of furan rings is 1. The molecule has 0 unspecified atom stereocenters.